The van der Waals surface area contributed by atoms with Crippen LogP contribution >= 0.6 is 0 Å². The van der Waals surface area contributed by atoms with E-state index in [-0.39, 0.29) is 6.29 Å². The Labute approximate surface area is 133 Å². The Morgan fingerprint density at radius 2 is 1.19 bits per heavy atom. The fourth-order valence-electron chi connectivity index (χ4n) is 2.01. The van der Waals surface area contributed by atoms with Crippen molar-refractivity contribution in [2.24, 2.45) is 0 Å². The molecular weight excluding hydrogens is 260 g/mol. The van der Waals surface area contributed by atoms with Gasteiger partial charge >= 0.3 is 0 Å². The van der Waals surface area contributed by atoms with E-state index in [0.29, 0.717) is 6.42 Å². The van der Waals surface area contributed by atoms with Gasteiger partial charge in [0, 0.05) is 19.6 Å². The maximum absolute atomic E-state index is 5.83. The van der Waals surface area contributed by atoms with Gasteiger partial charge in [-0.25, -0.2) is 0 Å². The number of unbranched alkanes of at least 4 members (excludes halogenated alkanes) is 7. The Morgan fingerprint density at radius 1 is 0.667 bits per heavy atom. The van der Waals surface area contributed by atoms with Crippen molar-refractivity contribution in [1.82, 2.24) is 0 Å². The van der Waals surface area contributed by atoms with Gasteiger partial charge in [-0.3, -0.25) is 0 Å². The summed E-state index contributed by atoms with van der Waals surface area (Å²) in [5, 5.41) is 0. The maximum atomic E-state index is 5.83. The van der Waals surface area contributed by atoms with Crippen LogP contribution in [0.2, 0.25) is 0 Å². The molecule has 0 amide bonds. The van der Waals surface area contributed by atoms with Gasteiger partial charge in [0.25, 0.3) is 0 Å². The summed E-state index contributed by atoms with van der Waals surface area (Å²) in [4.78, 5) is 0. The second-order valence-corrected chi connectivity index (χ2v) is 5.60. The van der Waals surface area contributed by atoms with Crippen LogP contribution in [-0.2, 0) is 9.47 Å². The lowest BCUT2D eigenvalue weighted by atomic mass is 10.2. The van der Waals surface area contributed by atoms with E-state index in [9.17, 15) is 0 Å². The summed E-state index contributed by atoms with van der Waals surface area (Å²) in [6.07, 6.45) is 12.5. The molecule has 0 aromatic heterocycles. The minimum atomic E-state index is -0.127. The van der Waals surface area contributed by atoms with Crippen molar-refractivity contribution in [1.29, 1.82) is 0 Å². The zero-order chi connectivity index (χ0) is 15.6. The topological polar surface area (TPSA) is 18.5 Å². The van der Waals surface area contributed by atoms with Gasteiger partial charge in [0.1, 0.15) is 0 Å². The molecule has 0 atom stereocenters. The molecule has 0 fully saturated rings. The third kappa shape index (κ3) is 15.7. The zero-order valence-corrected chi connectivity index (χ0v) is 14.6. The van der Waals surface area contributed by atoms with Crippen molar-refractivity contribution in [3.8, 4) is 11.8 Å². The van der Waals surface area contributed by atoms with Crippen LogP contribution in [0.1, 0.15) is 91.4 Å². The zero-order valence-electron chi connectivity index (χ0n) is 14.6. The molecule has 0 bridgehead atoms. The highest BCUT2D eigenvalue weighted by Gasteiger charge is 2.07. The van der Waals surface area contributed by atoms with Crippen molar-refractivity contribution in [3.05, 3.63) is 0 Å². The minimum absolute atomic E-state index is 0.127. The lowest BCUT2D eigenvalue weighted by molar-refractivity contribution is -0.140. The fourth-order valence-corrected chi connectivity index (χ4v) is 2.01. The summed E-state index contributed by atoms with van der Waals surface area (Å²) >= 11 is 0. The van der Waals surface area contributed by atoms with Crippen molar-refractivity contribution < 1.29 is 9.47 Å². The van der Waals surface area contributed by atoms with Gasteiger partial charge in [-0.1, -0.05) is 65.2 Å². The van der Waals surface area contributed by atoms with Gasteiger partial charge in [-0.05, 0) is 19.3 Å². The molecule has 21 heavy (non-hydrogen) atoms. The van der Waals surface area contributed by atoms with Gasteiger partial charge in [0.2, 0.25) is 0 Å². The van der Waals surface area contributed by atoms with E-state index in [1.54, 1.807) is 0 Å². The molecule has 0 saturated heterocycles. The summed E-state index contributed by atoms with van der Waals surface area (Å²) in [5.74, 6) is 6.47. The van der Waals surface area contributed by atoms with Crippen molar-refractivity contribution in [2.75, 3.05) is 13.2 Å². The van der Waals surface area contributed by atoms with E-state index in [1.165, 1.54) is 44.9 Å². The van der Waals surface area contributed by atoms with Gasteiger partial charge in [0.05, 0.1) is 6.42 Å². The minimum Gasteiger partial charge on any atom is -0.352 e. The van der Waals surface area contributed by atoms with Crippen molar-refractivity contribution in [2.45, 2.75) is 97.7 Å². The van der Waals surface area contributed by atoms with E-state index < -0.39 is 0 Å². The average molecular weight is 296 g/mol. The molecule has 2 heteroatoms. The standard InChI is InChI=1S/C19H36O2/c1-4-7-10-11-12-13-16-19(20-17-14-8-5-2)21-18-15-9-6-3/h19H,4-11,14-18H2,1-3H3. The second-order valence-electron chi connectivity index (χ2n) is 5.60. The number of hydrogen-bond acceptors (Lipinski definition) is 2. The molecule has 124 valence electrons. The van der Waals surface area contributed by atoms with E-state index in [0.717, 1.165) is 32.5 Å². The molecule has 0 heterocycles. The maximum Gasteiger partial charge on any atom is 0.168 e. The molecule has 2 nitrogen and oxygen atoms in total. The lowest BCUT2D eigenvalue weighted by Gasteiger charge is -2.16. The SMILES string of the molecule is CCCCCC#CCC(OCCCCC)OCCCCC. The van der Waals surface area contributed by atoms with E-state index >= 15 is 0 Å². The predicted molar refractivity (Wildman–Crippen MR) is 91.3 cm³/mol. The molecule has 0 radical (unpaired) electrons. The first kappa shape index (κ1) is 20.5. The average Bonchev–Trinajstić information content (AvgIpc) is 2.50. The van der Waals surface area contributed by atoms with Crippen LogP contribution < -0.4 is 0 Å². The molecule has 0 aromatic rings. The second kappa shape index (κ2) is 17.5. The fraction of sp³-hybridized carbons (Fsp3) is 0.895. The Balaban J connectivity index is 3.87. The van der Waals surface area contributed by atoms with Crippen LogP contribution in [0.3, 0.4) is 0 Å². The predicted octanol–water partition coefficient (Wildman–Crippen LogP) is 5.70. The molecule has 0 aromatic carbocycles. The normalized spacial score (nSPS) is 10.7. The first-order valence-corrected chi connectivity index (χ1v) is 9.04. The summed E-state index contributed by atoms with van der Waals surface area (Å²) in [6, 6.07) is 0. The Bertz CT molecular complexity index is 240. The summed E-state index contributed by atoms with van der Waals surface area (Å²) in [6.45, 7) is 8.23. The summed E-state index contributed by atoms with van der Waals surface area (Å²) in [7, 11) is 0. The molecule has 0 N–H and O–H groups in total. The molecule has 0 aliphatic heterocycles. The van der Waals surface area contributed by atoms with E-state index in [1.807, 2.05) is 0 Å². The largest absolute Gasteiger partial charge is 0.352 e. The Kier molecular flexibility index (Phi) is 17.1. The van der Waals surface area contributed by atoms with Gasteiger partial charge in [-0.15, -0.1) is 5.92 Å². The van der Waals surface area contributed by atoms with Gasteiger partial charge in [-0.2, -0.15) is 0 Å². The number of ether oxygens (including phenoxy) is 2. The van der Waals surface area contributed by atoms with Crippen LogP contribution in [0, 0.1) is 11.8 Å². The monoisotopic (exact) mass is 296 g/mol. The van der Waals surface area contributed by atoms with Crippen LogP contribution in [-0.4, -0.2) is 19.5 Å². The molecular formula is C19H36O2. The third-order valence-electron chi connectivity index (χ3n) is 3.40. The molecule has 0 aliphatic rings. The van der Waals surface area contributed by atoms with Crippen LogP contribution in [0.4, 0.5) is 0 Å². The van der Waals surface area contributed by atoms with E-state index in [4.69, 9.17) is 9.47 Å². The summed E-state index contributed by atoms with van der Waals surface area (Å²) in [5.41, 5.74) is 0. The third-order valence-corrected chi connectivity index (χ3v) is 3.40. The van der Waals surface area contributed by atoms with Gasteiger partial charge in [0.15, 0.2) is 6.29 Å². The number of hydrogen-bond donors (Lipinski definition) is 0. The Morgan fingerprint density at radius 3 is 1.71 bits per heavy atom. The Hall–Kier alpha value is -0.520. The van der Waals surface area contributed by atoms with Crippen molar-refractivity contribution in [3.63, 3.8) is 0 Å². The molecule has 0 unspecified atom stereocenters. The van der Waals surface area contributed by atoms with Crippen LogP contribution in [0.15, 0.2) is 0 Å². The first-order valence-electron chi connectivity index (χ1n) is 9.04. The summed E-state index contributed by atoms with van der Waals surface area (Å²) < 4.78 is 11.7. The molecule has 0 rings (SSSR count). The van der Waals surface area contributed by atoms with Crippen molar-refractivity contribution >= 4 is 0 Å². The molecule has 0 saturated carbocycles. The van der Waals surface area contributed by atoms with E-state index in [2.05, 4.69) is 32.6 Å². The quantitative estimate of drug-likeness (QED) is 0.232. The lowest BCUT2D eigenvalue weighted by Crippen LogP contribution is -2.18. The molecule has 0 spiro atoms. The highest BCUT2D eigenvalue weighted by Crippen LogP contribution is 2.06. The number of rotatable bonds is 14. The van der Waals surface area contributed by atoms with Gasteiger partial charge < -0.3 is 9.47 Å². The highest BCUT2D eigenvalue weighted by molar-refractivity contribution is 4.99. The van der Waals surface area contributed by atoms with Crippen LogP contribution in [0.5, 0.6) is 0 Å². The smallest absolute Gasteiger partial charge is 0.168 e. The van der Waals surface area contributed by atoms with Crippen LogP contribution in [0.25, 0.3) is 0 Å². The highest BCUT2D eigenvalue weighted by atomic mass is 16.7. The molecule has 0 aliphatic carbocycles. The first-order chi connectivity index (χ1) is 10.3.